The first-order valence-electron chi connectivity index (χ1n) is 6.30. The van der Waals surface area contributed by atoms with Crippen molar-refractivity contribution in [2.75, 3.05) is 11.9 Å². The second-order valence-corrected chi connectivity index (χ2v) is 4.41. The summed E-state index contributed by atoms with van der Waals surface area (Å²) < 4.78 is 42.0. The second-order valence-electron chi connectivity index (χ2n) is 4.41. The Morgan fingerprint density at radius 2 is 2.23 bits per heavy atom. The maximum Gasteiger partial charge on any atom is 0.411 e. The molecule has 0 spiro atoms. The van der Waals surface area contributed by atoms with Gasteiger partial charge in [-0.15, -0.1) is 0 Å². The van der Waals surface area contributed by atoms with E-state index in [4.69, 9.17) is 0 Å². The Labute approximate surface area is 123 Å². The first kappa shape index (κ1) is 16.0. The topological polar surface area (TPSA) is 69.0 Å². The van der Waals surface area contributed by atoms with Gasteiger partial charge in [0, 0.05) is 12.4 Å². The van der Waals surface area contributed by atoms with E-state index in [1.807, 2.05) is 0 Å². The average Bonchev–Trinajstić information content (AvgIpc) is 2.99. The zero-order chi connectivity index (χ0) is 16.2. The van der Waals surface area contributed by atoms with E-state index in [-0.39, 0.29) is 0 Å². The van der Waals surface area contributed by atoms with Gasteiger partial charge in [0.2, 0.25) is 0 Å². The van der Waals surface area contributed by atoms with E-state index in [0.717, 1.165) is 0 Å². The number of hydrogen-bond acceptors (Lipinski definition) is 4. The number of amides is 1. The Hall–Kier alpha value is -2.42. The fraction of sp³-hybridized carbons (Fsp3) is 0.308. The van der Waals surface area contributed by atoms with Crippen LogP contribution in [0.1, 0.15) is 6.92 Å². The van der Waals surface area contributed by atoms with Gasteiger partial charge in [-0.1, -0.05) is 0 Å². The summed E-state index contributed by atoms with van der Waals surface area (Å²) in [4.78, 5) is 15.8. The van der Waals surface area contributed by atoms with Crippen LogP contribution in [0.2, 0.25) is 0 Å². The molecular weight excluding hydrogens is 301 g/mol. The average molecular weight is 314 g/mol. The summed E-state index contributed by atoms with van der Waals surface area (Å²) in [6.45, 7) is -0.231. The van der Waals surface area contributed by atoms with Gasteiger partial charge in [-0.25, -0.2) is 9.67 Å². The van der Waals surface area contributed by atoms with Crippen LogP contribution in [0, 0.1) is 0 Å². The molecule has 0 radical (unpaired) electrons. The van der Waals surface area contributed by atoms with Crippen LogP contribution in [-0.4, -0.2) is 39.6 Å². The molecule has 2 heterocycles. The number of carbonyl (C=O) groups is 1. The Balaban J connectivity index is 1.91. The van der Waals surface area contributed by atoms with Gasteiger partial charge >= 0.3 is 6.18 Å². The van der Waals surface area contributed by atoms with Crippen molar-refractivity contribution in [2.24, 2.45) is 0 Å². The van der Waals surface area contributed by atoms with E-state index in [9.17, 15) is 18.0 Å². The van der Waals surface area contributed by atoms with E-state index < -0.39 is 24.8 Å². The minimum absolute atomic E-state index is 0.350. The first-order chi connectivity index (χ1) is 10.3. The van der Waals surface area contributed by atoms with Gasteiger partial charge in [-0.2, -0.15) is 18.3 Å². The summed E-state index contributed by atoms with van der Waals surface area (Å²) in [5.74, 6) is -0.137. The number of pyridine rings is 1. The summed E-state index contributed by atoms with van der Waals surface area (Å²) in [5, 5.41) is 6.42. The maximum absolute atomic E-state index is 12.0. The predicted molar refractivity (Wildman–Crippen MR) is 71.5 cm³/mol. The lowest BCUT2D eigenvalue weighted by Gasteiger charge is -2.14. The minimum Gasteiger partial charge on any atom is -0.359 e. The molecule has 118 valence electrons. The smallest absolute Gasteiger partial charge is 0.359 e. The molecule has 0 aliphatic heterocycles. The molecule has 0 saturated carbocycles. The molecule has 1 unspecified atom stereocenters. The number of nitrogens with one attached hydrogen (secondary N) is 1. The van der Waals surface area contributed by atoms with Gasteiger partial charge in [-0.3, -0.25) is 4.79 Å². The normalized spacial score (nSPS) is 12.9. The van der Waals surface area contributed by atoms with Crippen LogP contribution in [0.5, 0.6) is 0 Å². The molecule has 6 nitrogen and oxygen atoms in total. The molecule has 0 bridgehead atoms. The number of alkyl halides is 3. The highest BCUT2D eigenvalue weighted by atomic mass is 19.4. The van der Waals surface area contributed by atoms with Crippen molar-refractivity contribution < 1.29 is 22.7 Å². The molecule has 2 aromatic heterocycles. The van der Waals surface area contributed by atoms with E-state index in [1.165, 1.54) is 17.8 Å². The molecule has 9 heteroatoms. The Kier molecular flexibility index (Phi) is 4.76. The number of nitrogens with zero attached hydrogens (tertiary/aromatic N) is 3. The number of anilines is 1. The SMILES string of the molecule is CC(OCC(F)(F)F)C(=O)Nc1ccc(-n2cccn2)nc1. The monoisotopic (exact) mass is 314 g/mol. The van der Waals surface area contributed by atoms with Crippen LogP contribution < -0.4 is 5.32 Å². The third kappa shape index (κ3) is 4.55. The van der Waals surface area contributed by atoms with Crippen LogP contribution in [0.4, 0.5) is 18.9 Å². The highest BCUT2D eigenvalue weighted by Crippen LogP contribution is 2.16. The molecule has 1 amide bonds. The quantitative estimate of drug-likeness (QED) is 0.918. The first-order valence-corrected chi connectivity index (χ1v) is 6.30. The van der Waals surface area contributed by atoms with E-state index in [1.54, 1.807) is 30.6 Å². The highest BCUT2D eigenvalue weighted by Gasteiger charge is 2.29. The predicted octanol–water partition coefficient (Wildman–Crippen LogP) is 2.17. The summed E-state index contributed by atoms with van der Waals surface area (Å²) in [5.41, 5.74) is 0.350. The molecule has 1 atom stereocenters. The summed E-state index contributed by atoms with van der Waals surface area (Å²) in [6.07, 6.45) is -1.02. The molecule has 2 aromatic rings. The largest absolute Gasteiger partial charge is 0.411 e. The number of aromatic nitrogens is 3. The Morgan fingerprint density at radius 3 is 2.77 bits per heavy atom. The fourth-order valence-corrected chi connectivity index (χ4v) is 1.54. The fourth-order valence-electron chi connectivity index (χ4n) is 1.54. The summed E-state index contributed by atoms with van der Waals surface area (Å²) in [7, 11) is 0. The Bertz CT molecular complexity index is 611. The lowest BCUT2D eigenvalue weighted by molar-refractivity contribution is -0.184. The zero-order valence-corrected chi connectivity index (χ0v) is 11.5. The van der Waals surface area contributed by atoms with E-state index in [0.29, 0.717) is 11.5 Å². The van der Waals surface area contributed by atoms with E-state index >= 15 is 0 Å². The lowest BCUT2D eigenvalue weighted by Crippen LogP contribution is -2.31. The van der Waals surface area contributed by atoms with Crippen molar-refractivity contribution in [2.45, 2.75) is 19.2 Å². The molecule has 1 N–H and O–H groups in total. The van der Waals surface area contributed by atoms with Crippen LogP contribution in [0.3, 0.4) is 0 Å². The van der Waals surface area contributed by atoms with Gasteiger partial charge in [0.25, 0.3) is 5.91 Å². The molecule has 0 aliphatic rings. The number of hydrogen-bond donors (Lipinski definition) is 1. The van der Waals surface area contributed by atoms with Gasteiger partial charge in [-0.05, 0) is 25.1 Å². The van der Waals surface area contributed by atoms with Crippen molar-refractivity contribution in [1.82, 2.24) is 14.8 Å². The van der Waals surface area contributed by atoms with Crippen molar-refractivity contribution >= 4 is 11.6 Å². The van der Waals surface area contributed by atoms with Crippen molar-refractivity contribution in [1.29, 1.82) is 0 Å². The summed E-state index contributed by atoms with van der Waals surface area (Å²) >= 11 is 0. The number of carbonyl (C=O) groups excluding carboxylic acids is 1. The second kappa shape index (κ2) is 6.56. The number of ether oxygens (including phenoxy) is 1. The molecular formula is C13H13F3N4O2. The number of rotatable bonds is 5. The van der Waals surface area contributed by atoms with Crippen molar-refractivity contribution in [3.05, 3.63) is 36.8 Å². The van der Waals surface area contributed by atoms with Crippen LogP contribution in [0.15, 0.2) is 36.8 Å². The molecule has 2 rings (SSSR count). The molecule has 0 fully saturated rings. The third-order valence-corrected chi connectivity index (χ3v) is 2.62. The zero-order valence-electron chi connectivity index (χ0n) is 11.5. The Morgan fingerprint density at radius 1 is 1.45 bits per heavy atom. The highest BCUT2D eigenvalue weighted by molar-refractivity contribution is 5.93. The number of halogens is 3. The molecule has 0 aliphatic carbocycles. The van der Waals surface area contributed by atoms with Crippen LogP contribution >= 0.6 is 0 Å². The van der Waals surface area contributed by atoms with Crippen LogP contribution in [0.25, 0.3) is 5.82 Å². The van der Waals surface area contributed by atoms with Crippen molar-refractivity contribution in [3.8, 4) is 5.82 Å². The molecule has 0 saturated heterocycles. The molecule has 22 heavy (non-hydrogen) atoms. The van der Waals surface area contributed by atoms with Gasteiger partial charge in [0.05, 0.1) is 11.9 Å². The van der Waals surface area contributed by atoms with Gasteiger partial charge in [0.1, 0.15) is 12.7 Å². The van der Waals surface area contributed by atoms with Gasteiger partial charge in [0.15, 0.2) is 5.82 Å². The molecule has 0 aromatic carbocycles. The standard InChI is InChI=1S/C13H13F3N4O2/c1-9(22-8-13(14,15)16)12(21)19-10-3-4-11(17-7-10)20-6-2-5-18-20/h2-7,9H,8H2,1H3,(H,19,21). The summed E-state index contributed by atoms with van der Waals surface area (Å²) in [6, 6.07) is 4.92. The third-order valence-electron chi connectivity index (χ3n) is 2.62. The van der Waals surface area contributed by atoms with Gasteiger partial charge < -0.3 is 10.1 Å². The van der Waals surface area contributed by atoms with E-state index in [2.05, 4.69) is 20.1 Å². The lowest BCUT2D eigenvalue weighted by atomic mass is 10.3. The maximum atomic E-state index is 12.0. The van der Waals surface area contributed by atoms with Crippen LogP contribution in [-0.2, 0) is 9.53 Å². The minimum atomic E-state index is -4.47. The van der Waals surface area contributed by atoms with Crippen molar-refractivity contribution in [3.63, 3.8) is 0 Å².